The summed E-state index contributed by atoms with van der Waals surface area (Å²) < 4.78 is 12.3. The van der Waals surface area contributed by atoms with Crippen LogP contribution in [0.15, 0.2) is 68.3 Å². The van der Waals surface area contributed by atoms with Crippen LogP contribution < -0.4 is 16.1 Å². The first-order valence-electron chi connectivity index (χ1n) is 14.1. The second-order valence-electron chi connectivity index (χ2n) is 10.7. The van der Waals surface area contributed by atoms with Crippen LogP contribution in [0.4, 0.5) is 0 Å². The van der Waals surface area contributed by atoms with E-state index < -0.39 is 63.3 Å². The zero-order valence-corrected chi connectivity index (χ0v) is 26.9. The van der Waals surface area contributed by atoms with Crippen molar-refractivity contribution >= 4 is 58.2 Å². The molecule has 2 aliphatic rings. The molecule has 20 heteroatoms. The number of carbonyl (C=O) groups excluding carboxylic acids is 3. The molecular formula is C29H25N7O11S2. The summed E-state index contributed by atoms with van der Waals surface area (Å²) in [5.41, 5.74) is -3.33. The maximum Gasteiger partial charge on any atom is 0.352 e. The summed E-state index contributed by atoms with van der Waals surface area (Å²) in [6, 6.07) is 5.49. The molecule has 49 heavy (non-hydrogen) atoms. The Morgan fingerprint density at radius 1 is 1.16 bits per heavy atom. The van der Waals surface area contributed by atoms with Gasteiger partial charge in [-0.25, -0.2) is 9.48 Å². The number of nitrogens with one attached hydrogen (secondary N) is 2. The van der Waals surface area contributed by atoms with Crippen LogP contribution in [0.1, 0.15) is 22.0 Å². The van der Waals surface area contributed by atoms with Gasteiger partial charge in [-0.1, -0.05) is 23.9 Å². The molecule has 4 aromatic rings. The standard InChI is InChI=1S/C29H25N7O11S2/c1-35-28(32-33-34-35)49-11-13-10-48-27-29(46-2,26(45)36(27)21(13)25(43)44)31-24(42)20(12-3-5-14(37)6-4-12)30-23(41)16-9-47-19-8-18(39)17(38)7-15(19)22(16)40/h3-9,20,27,37-39H,10-11H2,1-2H3,(H,30,41)(H,31,42)(H,43,44)/t20?,27-,29-/m0/s1. The van der Waals surface area contributed by atoms with Crippen LogP contribution in [0.2, 0.25) is 0 Å². The number of nitrogens with zero attached hydrogens (tertiary/aromatic N) is 5. The molecule has 0 bridgehead atoms. The van der Waals surface area contributed by atoms with E-state index in [-0.39, 0.29) is 39.5 Å². The molecule has 2 aromatic heterocycles. The van der Waals surface area contributed by atoms with Gasteiger partial charge in [0.1, 0.15) is 40.3 Å². The van der Waals surface area contributed by atoms with Crippen molar-refractivity contribution in [3.63, 3.8) is 0 Å². The van der Waals surface area contributed by atoms with Crippen LogP contribution in [0.5, 0.6) is 17.2 Å². The average Bonchev–Trinajstić information content (AvgIpc) is 3.49. The molecule has 6 rings (SSSR count). The number of benzene rings is 2. The van der Waals surface area contributed by atoms with E-state index in [0.717, 1.165) is 42.2 Å². The summed E-state index contributed by atoms with van der Waals surface area (Å²) in [4.78, 5) is 67.7. The van der Waals surface area contributed by atoms with Crippen molar-refractivity contribution in [2.45, 2.75) is 22.3 Å². The summed E-state index contributed by atoms with van der Waals surface area (Å²) in [6.45, 7) is 0. The average molecular weight is 712 g/mol. The fourth-order valence-electron chi connectivity index (χ4n) is 5.29. The van der Waals surface area contributed by atoms with Crippen LogP contribution in [0.25, 0.3) is 11.0 Å². The summed E-state index contributed by atoms with van der Waals surface area (Å²) >= 11 is 2.32. The van der Waals surface area contributed by atoms with Gasteiger partial charge < -0.3 is 40.2 Å². The fraction of sp³-hybridized carbons (Fsp3) is 0.241. The minimum absolute atomic E-state index is 0.119. The third kappa shape index (κ3) is 5.78. The zero-order chi connectivity index (χ0) is 35.2. The molecular weight excluding hydrogens is 686 g/mol. The number of thioether (sulfide) groups is 2. The molecule has 6 N–H and O–H groups in total. The highest BCUT2D eigenvalue weighted by Gasteiger charge is 2.67. The summed E-state index contributed by atoms with van der Waals surface area (Å²) in [5.74, 6) is -5.32. The number of aliphatic carboxylic acids is 1. The molecule has 0 spiro atoms. The number of β-lactam (4-membered cyclic amide) rings is 1. The van der Waals surface area contributed by atoms with Gasteiger partial charge in [-0.05, 0) is 39.8 Å². The van der Waals surface area contributed by atoms with Crippen LogP contribution in [0, 0.1) is 0 Å². The fourth-order valence-corrected chi connectivity index (χ4v) is 7.72. The topological polar surface area (TPSA) is 260 Å². The van der Waals surface area contributed by atoms with E-state index >= 15 is 0 Å². The first-order valence-corrected chi connectivity index (χ1v) is 16.1. The van der Waals surface area contributed by atoms with Crippen molar-refractivity contribution in [3.05, 3.63) is 75.3 Å². The Bertz CT molecular complexity index is 2120. The number of phenols is 3. The van der Waals surface area contributed by atoms with Crippen molar-refractivity contribution < 1.29 is 48.8 Å². The van der Waals surface area contributed by atoms with Crippen molar-refractivity contribution in [2.24, 2.45) is 7.05 Å². The molecule has 3 atom stereocenters. The Hall–Kier alpha value is -5.60. The number of ether oxygens (including phenoxy) is 1. The molecule has 0 aliphatic carbocycles. The number of aromatic hydroxyl groups is 3. The highest BCUT2D eigenvalue weighted by molar-refractivity contribution is 8.01. The van der Waals surface area contributed by atoms with Gasteiger partial charge in [0.05, 0.1) is 5.39 Å². The number of amides is 3. The lowest BCUT2D eigenvalue weighted by Crippen LogP contribution is -2.81. The molecule has 1 unspecified atom stereocenters. The predicted octanol–water partition coefficient (Wildman–Crippen LogP) is 0.409. The van der Waals surface area contributed by atoms with E-state index in [9.17, 15) is 44.4 Å². The number of carboxylic acids is 1. The van der Waals surface area contributed by atoms with Crippen molar-refractivity contribution in [1.29, 1.82) is 0 Å². The van der Waals surface area contributed by atoms with Gasteiger partial charge in [0.25, 0.3) is 17.5 Å². The minimum Gasteiger partial charge on any atom is -0.508 e. The van der Waals surface area contributed by atoms with Gasteiger partial charge in [0, 0.05) is 31.7 Å². The smallest absolute Gasteiger partial charge is 0.352 e. The van der Waals surface area contributed by atoms with Crippen molar-refractivity contribution in [1.82, 2.24) is 35.7 Å². The number of hydrogen-bond donors (Lipinski definition) is 6. The number of tetrazole rings is 1. The number of carboxylic acid groups (broad SMARTS) is 1. The Morgan fingerprint density at radius 3 is 2.53 bits per heavy atom. The Labute approximate surface area is 282 Å². The quantitative estimate of drug-likeness (QED) is 0.0563. The second-order valence-corrected chi connectivity index (χ2v) is 12.7. The lowest BCUT2D eigenvalue weighted by molar-refractivity contribution is -0.192. The number of aromatic nitrogens is 4. The highest BCUT2D eigenvalue weighted by Crippen LogP contribution is 2.47. The van der Waals surface area contributed by atoms with Gasteiger partial charge in [-0.2, -0.15) is 0 Å². The molecule has 0 saturated carbocycles. The van der Waals surface area contributed by atoms with Gasteiger partial charge >= 0.3 is 5.97 Å². The largest absolute Gasteiger partial charge is 0.508 e. The van der Waals surface area contributed by atoms with Crippen LogP contribution in [0.3, 0.4) is 0 Å². The maximum absolute atomic E-state index is 13.9. The van der Waals surface area contributed by atoms with Gasteiger partial charge in [-0.3, -0.25) is 24.1 Å². The van der Waals surface area contributed by atoms with Crippen LogP contribution in [-0.4, -0.2) is 98.9 Å². The molecule has 1 saturated heterocycles. The number of aryl methyl sites for hydroxylation is 1. The Kier molecular flexibility index (Phi) is 8.69. The summed E-state index contributed by atoms with van der Waals surface area (Å²) in [7, 11) is 2.78. The molecule has 18 nitrogen and oxygen atoms in total. The number of rotatable bonds is 10. The van der Waals surface area contributed by atoms with Gasteiger partial charge in [0.15, 0.2) is 11.5 Å². The Balaban J connectivity index is 1.28. The normalized spacial score (nSPS) is 19.3. The first-order chi connectivity index (χ1) is 23.4. The van der Waals surface area contributed by atoms with Gasteiger partial charge in [-0.15, -0.1) is 16.9 Å². The number of fused-ring (bicyclic) bond motifs is 2. The molecule has 1 fully saturated rings. The highest BCUT2D eigenvalue weighted by atomic mass is 32.2. The molecule has 2 aromatic carbocycles. The molecule has 254 valence electrons. The minimum atomic E-state index is -2.05. The molecule has 4 heterocycles. The summed E-state index contributed by atoms with van der Waals surface area (Å²) in [5, 5.41) is 54.8. The Morgan fingerprint density at radius 2 is 1.88 bits per heavy atom. The number of hydrogen-bond acceptors (Lipinski definition) is 15. The van der Waals surface area contributed by atoms with Crippen molar-refractivity contribution in [2.75, 3.05) is 18.6 Å². The van der Waals surface area contributed by atoms with E-state index in [0.29, 0.717) is 10.7 Å². The second kappa shape index (κ2) is 12.8. The van der Waals surface area contributed by atoms with E-state index in [1.807, 2.05) is 0 Å². The molecule has 0 radical (unpaired) electrons. The lowest BCUT2D eigenvalue weighted by atomic mass is 9.96. The predicted molar refractivity (Wildman–Crippen MR) is 169 cm³/mol. The SMILES string of the molecule is CO[C@@]1(NC(=O)C(NC(=O)c2coc3cc(O)c(O)cc3c2=O)c2ccc(O)cc2)C(=O)N2C(C(=O)O)=C(CSc3nnnn3C)CS[C@H]21. The van der Waals surface area contributed by atoms with E-state index in [1.165, 1.54) is 40.7 Å². The first kappa shape index (κ1) is 33.3. The summed E-state index contributed by atoms with van der Waals surface area (Å²) in [6.07, 6.45) is 0.821. The number of phenolic OH excluding ortho intramolecular Hbond substituents is 3. The van der Waals surface area contributed by atoms with Crippen LogP contribution in [-0.2, 0) is 26.2 Å². The van der Waals surface area contributed by atoms with E-state index in [2.05, 4.69) is 26.2 Å². The van der Waals surface area contributed by atoms with E-state index in [4.69, 9.17) is 9.15 Å². The lowest BCUT2D eigenvalue weighted by Gasteiger charge is -2.56. The number of methoxy groups -OCH3 is 1. The van der Waals surface area contributed by atoms with Crippen LogP contribution >= 0.6 is 23.5 Å². The van der Waals surface area contributed by atoms with Gasteiger partial charge in [0.2, 0.25) is 16.5 Å². The molecule has 3 amide bonds. The van der Waals surface area contributed by atoms with Crippen molar-refractivity contribution in [3.8, 4) is 17.2 Å². The third-order valence-corrected chi connectivity index (χ3v) is 10.2. The molecule has 2 aliphatic heterocycles. The third-order valence-electron chi connectivity index (χ3n) is 7.78. The monoisotopic (exact) mass is 711 g/mol. The zero-order valence-electron chi connectivity index (χ0n) is 25.3. The number of carbonyl (C=O) groups is 4. The maximum atomic E-state index is 13.9. The van der Waals surface area contributed by atoms with E-state index in [1.54, 1.807) is 7.05 Å².